The summed E-state index contributed by atoms with van der Waals surface area (Å²) in [6.07, 6.45) is 0.760. The van der Waals surface area contributed by atoms with Crippen LogP contribution < -0.4 is 10.6 Å². The highest BCUT2D eigenvalue weighted by atomic mass is 19.1. The lowest BCUT2D eigenvalue weighted by Gasteiger charge is -2.11. The van der Waals surface area contributed by atoms with E-state index in [-0.39, 0.29) is 5.82 Å². The van der Waals surface area contributed by atoms with E-state index >= 15 is 0 Å². The van der Waals surface area contributed by atoms with E-state index in [2.05, 4.69) is 74.1 Å². The van der Waals surface area contributed by atoms with E-state index in [0.29, 0.717) is 24.4 Å². The fourth-order valence-corrected chi connectivity index (χ4v) is 4.66. The molecule has 0 unspecified atom stereocenters. The van der Waals surface area contributed by atoms with Crippen molar-refractivity contribution in [3.8, 4) is 11.1 Å². The maximum absolute atomic E-state index is 14.3. The normalized spacial score (nSPS) is 11.1. The van der Waals surface area contributed by atoms with Crippen LogP contribution in [-0.4, -0.2) is 21.5 Å². The van der Waals surface area contributed by atoms with Crippen LogP contribution in [0.1, 0.15) is 28.2 Å². The Labute approximate surface area is 210 Å². The van der Waals surface area contributed by atoms with Gasteiger partial charge in [0.2, 0.25) is 0 Å². The number of rotatable bonds is 8. The highest BCUT2D eigenvalue weighted by Crippen LogP contribution is 2.28. The van der Waals surface area contributed by atoms with Gasteiger partial charge in [-0.2, -0.15) is 0 Å². The Hall–Kier alpha value is -4.19. The molecule has 0 aliphatic carbocycles. The predicted octanol–water partition coefficient (Wildman–Crippen LogP) is 6.96. The van der Waals surface area contributed by atoms with Gasteiger partial charge in [-0.25, -0.2) is 14.4 Å². The van der Waals surface area contributed by atoms with E-state index in [1.165, 1.54) is 22.8 Å². The number of halogens is 1. The summed E-state index contributed by atoms with van der Waals surface area (Å²) in [5.74, 6) is 2.03. The Morgan fingerprint density at radius 3 is 2.25 bits per heavy atom. The van der Waals surface area contributed by atoms with E-state index in [0.717, 1.165) is 40.3 Å². The zero-order valence-corrected chi connectivity index (χ0v) is 20.8. The predicted molar refractivity (Wildman–Crippen MR) is 146 cm³/mol. The van der Waals surface area contributed by atoms with Gasteiger partial charge in [-0.05, 0) is 61.1 Å². The van der Waals surface area contributed by atoms with Crippen LogP contribution >= 0.6 is 0 Å². The lowest BCUT2D eigenvalue weighted by molar-refractivity contribution is 0.637. The van der Waals surface area contributed by atoms with Crippen LogP contribution in [0.3, 0.4) is 0 Å². The number of aromatic amines is 1. The Bertz CT molecular complexity index is 1490. The molecule has 0 atom stereocenters. The number of H-pyrrole nitrogens is 1. The van der Waals surface area contributed by atoms with E-state index in [9.17, 15) is 4.39 Å². The summed E-state index contributed by atoms with van der Waals surface area (Å²) < 4.78 is 14.3. The first-order valence-electron chi connectivity index (χ1n) is 12.2. The van der Waals surface area contributed by atoms with Gasteiger partial charge in [0.1, 0.15) is 23.3 Å². The second-order valence-electron chi connectivity index (χ2n) is 9.12. The fourth-order valence-electron chi connectivity index (χ4n) is 4.66. The third kappa shape index (κ3) is 5.08. The molecule has 5 nitrogen and oxygen atoms in total. The standard InChI is InChI=1S/C30H30FN5/c1-19-9-14-26(31)30-29(19)25(20(2)34-30)15-16-32-27-17-28(36-21(3)35-27)33-18-22-10-12-24(13-11-22)23-7-5-4-6-8-23/h4-14,17,34H,15-16,18H2,1-3H3,(H2,32,33,35,36). The molecular formula is C30H30FN5. The van der Waals surface area contributed by atoms with E-state index in [1.807, 2.05) is 39.0 Å². The number of fused-ring (bicyclic) bond motifs is 1. The number of benzene rings is 3. The molecule has 0 aliphatic rings. The number of nitrogens with one attached hydrogen (secondary N) is 3. The Morgan fingerprint density at radius 1 is 0.806 bits per heavy atom. The van der Waals surface area contributed by atoms with Gasteiger partial charge in [0.15, 0.2) is 0 Å². The summed E-state index contributed by atoms with van der Waals surface area (Å²) in [5.41, 5.74) is 7.39. The average molecular weight is 480 g/mol. The van der Waals surface area contributed by atoms with Gasteiger partial charge >= 0.3 is 0 Å². The Kier molecular flexibility index (Phi) is 6.67. The monoisotopic (exact) mass is 479 g/mol. The summed E-state index contributed by atoms with van der Waals surface area (Å²) in [6.45, 7) is 7.26. The minimum atomic E-state index is -0.213. The molecule has 3 aromatic carbocycles. The third-order valence-corrected chi connectivity index (χ3v) is 6.48. The summed E-state index contributed by atoms with van der Waals surface area (Å²) in [4.78, 5) is 12.3. The minimum absolute atomic E-state index is 0.213. The SMILES string of the molecule is Cc1nc(NCCc2c(C)[nH]c3c(F)ccc(C)c23)cc(NCc2ccc(-c3ccccc3)cc2)n1. The molecule has 36 heavy (non-hydrogen) atoms. The van der Waals surface area contributed by atoms with Crippen LogP contribution in [-0.2, 0) is 13.0 Å². The molecule has 182 valence electrons. The van der Waals surface area contributed by atoms with Crippen molar-refractivity contribution in [2.24, 2.45) is 0 Å². The van der Waals surface area contributed by atoms with Crippen LogP contribution in [0.2, 0.25) is 0 Å². The van der Waals surface area contributed by atoms with Gasteiger partial charge in [-0.1, -0.05) is 60.7 Å². The van der Waals surface area contributed by atoms with E-state index in [4.69, 9.17) is 0 Å². The molecule has 5 aromatic rings. The average Bonchev–Trinajstić information content (AvgIpc) is 3.23. The number of nitrogens with zero attached hydrogens (tertiary/aromatic N) is 2. The molecule has 0 fully saturated rings. The zero-order chi connectivity index (χ0) is 25.1. The topological polar surface area (TPSA) is 65.6 Å². The minimum Gasteiger partial charge on any atom is -0.370 e. The molecule has 0 radical (unpaired) electrons. The lowest BCUT2D eigenvalue weighted by atomic mass is 10.0. The molecule has 0 aliphatic heterocycles. The van der Waals surface area contributed by atoms with Crippen LogP contribution in [0.5, 0.6) is 0 Å². The van der Waals surface area contributed by atoms with Crippen molar-refractivity contribution < 1.29 is 4.39 Å². The quantitative estimate of drug-likeness (QED) is 0.225. The van der Waals surface area contributed by atoms with Crippen LogP contribution in [0.15, 0.2) is 72.8 Å². The zero-order valence-electron chi connectivity index (χ0n) is 20.8. The molecule has 0 saturated heterocycles. The molecule has 2 heterocycles. The number of anilines is 2. The molecule has 2 aromatic heterocycles. The Morgan fingerprint density at radius 2 is 1.50 bits per heavy atom. The van der Waals surface area contributed by atoms with Gasteiger partial charge in [0.05, 0.1) is 5.52 Å². The highest BCUT2D eigenvalue weighted by molar-refractivity contribution is 5.88. The third-order valence-electron chi connectivity index (χ3n) is 6.48. The first-order valence-corrected chi connectivity index (χ1v) is 12.2. The fraction of sp³-hybridized carbons (Fsp3) is 0.200. The van der Waals surface area contributed by atoms with Crippen molar-refractivity contribution in [2.75, 3.05) is 17.2 Å². The maximum Gasteiger partial charge on any atom is 0.147 e. The first-order chi connectivity index (χ1) is 17.5. The summed E-state index contributed by atoms with van der Waals surface area (Å²) in [6, 6.07) is 24.2. The van der Waals surface area contributed by atoms with Gasteiger partial charge in [0.25, 0.3) is 0 Å². The van der Waals surface area contributed by atoms with Gasteiger partial charge in [0, 0.05) is 30.2 Å². The molecule has 0 saturated carbocycles. The van der Waals surface area contributed by atoms with Crippen molar-refractivity contribution >= 4 is 22.5 Å². The number of hydrogen-bond acceptors (Lipinski definition) is 4. The molecule has 5 rings (SSSR count). The maximum atomic E-state index is 14.3. The summed E-state index contributed by atoms with van der Waals surface area (Å²) in [7, 11) is 0. The van der Waals surface area contributed by atoms with Crippen LogP contribution in [0, 0.1) is 26.6 Å². The molecule has 0 bridgehead atoms. The van der Waals surface area contributed by atoms with Crippen LogP contribution in [0.25, 0.3) is 22.0 Å². The molecular weight excluding hydrogens is 449 g/mol. The number of aryl methyl sites for hydroxylation is 3. The van der Waals surface area contributed by atoms with Crippen molar-refractivity contribution in [3.05, 3.63) is 107 Å². The van der Waals surface area contributed by atoms with Crippen molar-refractivity contribution in [1.29, 1.82) is 0 Å². The smallest absolute Gasteiger partial charge is 0.147 e. The second kappa shape index (κ2) is 10.2. The number of hydrogen-bond donors (Lipinski definition) is 3. The molecule has 6 heteroatoms. The highest BCUT2D eigenvalue weighted by Gasteiger charge is 2.14. The molecule has 0 spiro atoms. The van der Waals surface area contributed by atoms with Crippen molar-refractivity contribution in [1.82, 2.24) is 15.0 Å². The van der Waals surface area contributed by atoms with Gasteiger partial charge < -0.3 is 15.6 Å². The largest absolute Gasteiger partial charge is 0.370 e. The van der Waals surface area contributed by atoms with E-state index < -0.39 is 0 Å². The first kappa shape index (κ1) is 23.5. The van der Waals surface area contributed by atoms with Crippen molar-refractivity contribution in [3.63, 3.8) is 0 Å². The Balaban J connectivity index is 1.22. The molecule has 3 N–H and O–H groups in total. The van der Waals surface area contributed by atoms with E-state index in [1.54, 1.807) is 0 Å². The van der Waals surface area contributed by atoms with Crippen molar-refractivity contribution in [2.45, 2.75) is 33.7 Å². The molecule has 0 amide bonds. The van der Waals surface area contributed by atoms with Crippen LogP contribution in [0.4, 0.5) is 16.0 Å². The second-order valence-corrected chi connectivity index (χ2v) is 9.12. The van der Waals surface area contributed by atoms with Gasteiger partial charge in [-0.15, -0.1) is 0 Å². The lowest BCUT2D eigenvalue weighted by Crippen LogP contribution is -2.10. The van der Waals surface area contributed by atoms with Gasteiger partial charge in [-0.3, -0.25) is 0 Å². The summed E-state index contributed by atoms with van der Waals surface area (Å²) >= 11 is 0. The number of aromatic nitrogens is 3. The summed E-state index contributed by atoms with van der Waals surface area (Å²) in [5, 5.41) is 7.81.